The minimum absolute atomic E-state index is 0.0135. The van der Waals surface area contributed by atoms with Crippen LogP contribution in [0, 0.1) is 0 Å². The van der Waals surface area contributed by atoms with Crippen molar-refractivity contribution >= 4 is 17.5 Å². The van der Waals surface area contributed by atoms with E-state index in [1.165, 1.54) is 22.7 Å². The summed E-state index contributed by atoms with van der Waals surface area (Å²) in [5.41, 5.74) is -0.0344. The summed E-state index contributed by atoms with van der Waals surface area (Å²) in [5, 5.41) is 26.7. The Morgan fingerprint density at radius 2 is 2.00 bits per heavy atom. The summed E-state index contributed by atoms with van der Waals surface area (Å²) in [6.45, 7) is -0.168. The standard InChI is InChI=1S/C11H10N2O5/c14-4-2-8-12-9(11(17)18)7-5-6(10(15)16)1-3-13(7)8/h1,3,5,14H,2,4H2,(H,15,16)(H,17,18). The second-order valence-electron chi connectivity index (χ2n) is 3.63. The topological polar surface area (TPSA) is 112 Å². The van der Waals surface area contributed by atoms with E-state index in [0.717, 1.165) is 0 Å². The highest BCUT2D eigenvalue weighted by Crippen LogP contribution is 2.16. The van der Waals surface area contributed by atoms with E-state index in [1.54, 1.807) is 0 Å². The van der Waals surface area contributed by atoms with E-state index >= 15 is 0 Å². The lowest BCUT2D eigenvalue weighted by Gasteiger charge is -2.00. The van der Waals surface area contributed by atoms with E-state index in [1.807, 2.05) is 0 Å². The van der Waals surface area contributed by atoms with Gasteiger partial charge in [-0.3, -0.25) is 0 Å². The predicted molar refractivity (Wildman–Crippen MR) is 59.9 cm³/mol. The molecule has 0 bridgehead atoms. The lowest BCUT2D eigenvalue weighted by molar-refractivity contribution is 0.0682. The maximum Gasteiger partial charge on any atom is 0.356 e. The summed E-state index contributed by atoms with van der Waals surface area (Å²) >= 11 is 0. The van der Waals surface area contributed by atoms with Crippen LogP contribution in [0.1, 0.15) is 26.7 Å². The number of carboxylic acid groups (broad SMARTS) is 2. The predicted octanol–water partition coefficient (Wildman–Crippen LogP) is 0.265. The van der Waals surface area contributed by atoms with Gasteiger partial charge in [-0.2, -0.15) is 0 Å². The molecule has 18 heavy (non-hydrogen) atoms. The smallest absolute Gasteiger partial charge is 0.356 e. The maximum atomic E-state index is 11.0. The van der Waals surface area contributed by atoms with Gasteiger partial charge in [-0.15, -0.1) is 0 Å². The van der Waals surface area contributed by atoms with Gasteiger partial charge in [-0.05, 0) is 12.1 Å². The van der Waals surface area contributed by atoms with E-state index < -0.39 is 11.9 Å². The molecule has 0 aliphatic carbocycles. The molecule has 2 rings (SSSR count). The third-order valence-electron chi connectivity index (χ3n) is 2.50. The van der Waals surface area contributed by atoms with Crippen LogP contribution in [-0.2, 0) is 6.42 Å². The van der Waals surface area contributed by atoms with Crippen molar-refractivity contribution in [1.82, 2.24) is 9.38 Å². The van der Waals surface area contributed by atoms with Crippen molar-refractivity contribution in [1.29, 1.82) is 0 Å². The molecule has 2 heterocycles. The fourth-order valence-corrected chi connectivity index (χ4v) is 1.71. The number of imidazole rings is 1. The number of aliphatic hydroxyl groups excluding tert-OH is 1. The van der Waals surface area contributed by atoms with Crippen molar-refractivity contribution in [3.8, 4) is 0 Å². The largest absolute Gasteiger partial charge is 0.478 e. The maximum absolute atomic E-state index is 11.0. The van der Waals surface area contributed by atoms with Crippen LogP contribution in [-0.4, -0.2) is 43.2 Å². The van der Waals surface area contributed by atoms with E-state index in [-0.39, 0.29) is 29.8 Å². The monoisotopic (exact) mass is 250 g/mol. The van der Waals surface area contributed by atoms with Crippen molar-refractivity contribution in [2.24, 2.45) is 0 Å². The Morgan fingerprint density at radius 1 is 1.28 bits per heavy atom. The van der Waals surface area contributed by atoms with E-state index in [9.17, 15) is 9.59 Å². The number of fused-ring (bicyclic) bond motifs is 1. The SMILES string of the molecule is O=C(O)c1ccn2c(CCO)nc(C(=O)O)c2c1. The van der Waals surface area contributed by atoms with E-state index in [4.69, 9.17) is 15.3 Å². The number of hydrogen-bond acceptors (Lipinski definition) is 4. The highest BCUT2D eigenvalue weighted by atomic mass is 16.4. The normalized spacial score (nSPS) is 10.7. The molecule has 0 spiro atoms. The molecule has 0 amide bonds. The Bertz CT molecular complexity index is 632. The number of carboxylic acids is 2. The summed E-state index contributed by atoms with van der Waals surface area (Å²) in [7, 11) is 0. The molecule has 94 valence electrons. The second-order valence-corrected chi connectivity index (χ2v) is 3.63. The molecular weight excluding hydrogens is 240 g/mol. The number of pyridine rings is 1. The van der Waals surface area contributed by atoms with Crippen LogP contribution in [0.15, 0.2) is 18.3 Å². The van der Waals surface area contributed by atoms with Crippen LogP contribution in [0.3, 0.4) is 0 Å². The lowest BCUT2D eigenvalue weighted by atomic mass is 10.2. The molecule has 7 heteroatoms. The van der Waals surface area contributed by atoms with Gasteiger partial charge >= 0.3 is 11.9 Å². The summed E-state index contributed by atoms with van der Waals surface area (Å²) in [6, 6.07) is 2.60. The number of aliphatic hydroxyl groups is 1. The summed E-state index contributed by atoms with van der Waals surface area (Å²) in [4.78, 5) is 25.8. The molecule has 0 atom stereocenters. The van der Waals surface area contributed by atoms with Crippen molar-refractivity contribution in [3.63, 3.8) is 0 Å². The molecule has 0 fully saturated rings. The first kappa shape index (κ1) is 12.1. The van der Waals surface area contributed by atoms with Gasteiger partial charge in [0.25, 0.3) is 0 Å². The Balaban J connectivity index is 2.71. The van der Waals surface area contributed by atoms with Crippen LogP contribution in [0.25, 0.3) is 5.52 Å². The summed E-state index contributed by atoms with van der Waals surface area (Å²) in [5.74, 6) is -2.00. The first-order valence-electron chi connectivity index (χ1n) is 5.13. The molecule has 0 saturated carbocycles. The van der Waals surface area contributed by atoms with Crippen LogP contribution in [0.4, 0.5) is 0 Å². The number of nitrogens with zero attached hydrogens (tertiary/aromatic N) is 2. The van der Waals surface area contributed by atoms with Crippen molar-refractivity contribution in [2.45, 2.75) is 6.42 Å². The first-order valence-corrected chi connectivity index (χ1v) is 5.13. The van der Waals surface area contributed by atoms with Gasteiger partial charge < -0.3 is 19.7 Å². The number of aromatic nitrogens is 2. The minimum Gasteiger partial charge on any atom is -0.478 e. The Kier molecular flexibility index (Phi) is 2.99. The fourth-order valence-electron chi connectivity index (χ4n) is 1.71. The highest BCUT2D eigenvalue weighted by molar-refractivity contribution is 5.96. The third kappa shape index (κ3) is 1.91. The molecule has 7 nitrogen and oxygen atoms in total. The van der Waals surface area contributed by atoms with Crippen LogP contribution in [0.2, 0.25) is 0 Å². The lowest BCUT2D eigenvalue weighted by Crippen LogP contribution is -2.01. The Morgan fingerprint density at radius 3 is 2.56 bits per heavy atom. The number of aromatic carboxylic acids is 2. The zero-order valence-corrected chi connectivity index (χ0v) is 9.20. The third-order valence-corrected chi connectivity index (χ3v) is 2.50. The van der Waals surface area contributed by atoms with Crippen molar-refractivity contribution in [2.75, 3.05) is 6.61 Å². The number of hydrogen-bond donors (Lipinski definition) is 3. The highest BCUT2D eigenvalue weighted by Gasteiger charge is 2.17. The molecule has 0 aliphatic rings. The molecule has 0 aliphatic heterocycles. The van der Waals surface area contributed by atoms with Gasteiger partial charge in [-0.1, -0.05) is 0 Å². The molecule has 0 unspecified atom stereocenters. The quantitative estimate of drug-likeness (QED) is 0.717. The Hall–Kier alpha value is -2.41. The molecule has 0 radical (unpaired) electrons. The molecule has 0 aromatic carbocycles. The minimum atomic E-state index is -1.24. The summed E-state index contributed by atoms with van der Waals surface area (Å²) < 4.78 is 1.46. The van der Waals surface area contributed by atoms with Crippen molar-refractivity contribution < 1.29 is 24.9 Å². The first-order chi connectivity index (χ1) is 8.54. The Labute approximate surface area is 101 Å². The second kappa shape index (κ2) is 4.46. The van der Waals surface area contributed by atoms with Crippen molar-refractivity contribution in [3.05, 3.63) is 35.4 Å². The molecule has 0 saturated heterocycles. The fraction of sp³-hybridized carbons (Fsp3) is 0.182. The van der Waals surface area contributed by atoms with Crippen LogP contribution >= 0.6 is 0 Å². The summed E-state index contributed by atoms with van der Waals surface area (Å²) in [6.07, 6.45) is 1.63. The van der Waals surface area contributed by atoms with Crippen LogP contribution in [0.5, 0.6) is 0 Å². The van der Waals surface area contributed by atoms with Gasteiger partial charge in [0.1, 0.15) is 5.82 Å². The van der Waals surface area contributed by atoms with Gasteiger partial charge in [0.2, 0.25) is 0 Å². The van der Waals surface area contributed by atoms with Gasteiger partial charge in [0.05, 0.1) is 17.7 Å². The zero-order chi connectivity index (χ0) is 13.3. The zero-order valence-electron chi connectivity index (χ0n) is 9.20. The van der Waals surface area contributed by atoms with E-state index in [2.05, 4.69) is 4.98 Å². The number of rotatable bonds is 4. The molecule has 3 N–H and O–H groups in total. The average molecular weight is 250 g/mol. The average Bonchev–Trinajstić information content (AvgIpc) is 2.68. The number of carbonyl (C=O) groups is 2. The van der Waals surface area contributed by atoms with E-state index in [0.29, 0.717) is 5.82 Å². The van der Waals surface area contributed by atoms with Crippen LogP contribution < -0.4 is 0 Å². The molecular formula is C11H10N2O5. The van der Waals surface area contributed by atoms with Gasteiger partial charge in [0.15, 0.2) is 5.69 Å². The molecule has 2 aromatic rings. The van der Waals surface area contributed by atoms with Gasteiger partial charge in [-0.25, -0.2) is 14.6 Å². The van der Waals surface area contributed by atoms with Gasteiger partial charge in [0, 0.05) is 12.6 Å². The molecule has 2 aromatic heterocycles.